The van der Waals surface area contributed by atoms with Crippen LogP contribution in [0.4, 0.5) is 0 Å². The Kier molecular flexibility index (Phi) is 3.12. The molecule has 4 aromatic rings. The van der Waals surface area contributed by atoms with E-state index in [4.69, 9.17) is 0 Å². The predicted octanol–water partition coefficient (Wildman–Crippen LogP) is 3.56. The van der Waals surface area contributed by atoms with E-state index in [1.807, 2.05) is 24.4 Å². The second-order valence-corrected chi connectivity index (χ2v) is 5.68. The number of nitrogens with one attached hydrogen (secondary N) is 2. The van der Waals surface area contributed by atoms with Crippen molar-refractivity contribution in [1.29, 1.82) is 0 Å². The molecule has 0 atom stereocenters. The molecule has 0 aliphatic rings. The molecule has 0 aliphatic heterocycles. The van der Waals surface area contributed by atoms with Crippen LogP contribution in [0.1, 0.15) is 16.8 Å². The number of phenols is 1. The highest BCUT2D eigenvalue weighted by atomic mass is 16.3. The molecule has 0 fully saturated rings. The van der Waals surface area contributed by atoms with Gasteiger partial charge in [-0.1, -0.05) is 6.07 Å². The maximum atomic E-state index is 9.37. The van der Waals surface area contributed by atoms with Gasteiger partial charge >= 0.3 is 0 Å². The molecule has 5 nitrogen and oxygen atoms in total. The third-order valence-corrected chi connectivity index (χ3v) is 4.18. The highest BCUT2D eigenvalue weighted by molar-refractivity contribution is 5.82. The largest absolute Gasteiger partial charge is 0.508 e. The predicted molar refractivity (Wildman–Crippen MR) is 89.3 cm³/mol. The number of H-pyrrole nitrogens is 2. The first-order valence-corrected chi connectivity index (χ1v) is 7.46. The summed E-state index contributed by atoms with van der Waals surface area (Å²) in [5.74, 6) is 0.258. The summed E-state index contributed by atoms with van der Waals surface area (Å²) in [5.41, 5.74) is 6.45. The van der Waals surface area contributed by atoms with Crippen molar-refractivity contribution in [3.05, 3.63) is 65.5 Å². The van der Waals surface area contributed by atoms with Gasteiger partial charge in [-0.2, -0.15) is 10.2 Å². The van der Waals surface area contributed by atoms with Crippen LogP contribution in [-0.4, -0.2) is 25.5 Å². The molecule has 0 amide bonds. The summed E-state index contributed by atoms with van der Waals surface area (Å²) in [7, 11) is 0. The van der Waals surface area contributed by atoms with E-state index in [-0.39, 0.29) is 5.75 Å². The summed E-state index contributed by atoms with van der Waals surface area (Å²) in [6, 6.07) is 13.3. The van der Waals surface area contributed by atoms with E-state index in [1.54, 1.807) is 12.1 Å². The van der Waals surface area contributed by atoms with Gasteiger partial charge in [-0.05, 0) is 54.4 Å². The standard InChI is InChI=1S/C18H16N4O/c1-11-13(4-7-17-16(11)10-19-21-17)8-14-9-18(22-20-14)12-2-5-15(23)6-3-12/h2-7,9-10,23H,8H2,1H3,(H,19,21)(H,20,22). The van der Waals surface area contributed by atoms with Gasteiger partial charge in [0.2, 0.25) is 0 Å². The van der Waals surface area contributed by atoms with Crippen molar-refractivity contribution in [3.8, 4) is 17.0 Å². The number of aryl methyl sites for hydroxylation is 1. The van der Waals surface area contributed by atoms with Crippen LogP contribution in [0.2, 0.25) is 0 Å². The number of phenolic OH excluding ortho intramolecular Hbond substituents is 1. The molecule has 0 unspecified atom stereocenters. The number of fused-ring (bicyclic) bond motifs is 1. The first-order chi connectivity index (χ1) is 11.2. The maximum absolute atomic E-state index is 9.37. The monoisotopic (exact) mass is 304 g/mol. The second kappa shape index (κ2) is 5.28. The lowest BCUT2D eigenvalue weighted by Crippen LogP contribution is -1.92. The number of hydrogen-bond donors (Lipinski definition) is 3. The molecule has 4 rings (SSSR count). The molecule has 0 saturated carbocycles. The zero-order valence-corrected chi connectivity index (χ0v) is 12.7. The Labute approximate surface area is 133 Å². The number of nitrogens with zero attached hydrogens (tertiary/aromatic N) is 2. The minimum atomic E-state index is 0.258. The first kappa shape index (κ1) is 13.6. The Morgan fingerprint density at radius 3 is 2.70 bits per heavy atom. The van der Waals surface area contributed by atoms with E-state index in [1.165, 1.54) is 11.1 Å². The van der Waals surface area contributed by atoms with Crippen molar-refractivity contribution >= 4 is 10.9 Å². The van der Waals surface area contributed by atoms with Crippen molar-refractivity contribution in [3.63, 3.8) is 0 Å². The van der Waals surface area contributed by atoms with E-state index in [9.17, 15) is 5.11 Å². The van der Waals surface area contributed by atoms with Crippen LogP contribution in [0.5, 0.6) is 5.75 Å². The minimum Gasteiger partial charge on any atom is -0.508 e. The van der Waals surface area contributed by atoms with Crippen LogP contribution < -0.4 is 0 Å². The minimum absolute atomic E-state index is 0.258. The molecule has 3 N–H and O–H groups in total. The molecule has 0 saturated heterocycles. The van der Waals surface area contributed by atoms with E-state index >= 15 is 0 Å². The van der Waals surface area contributed by atoms with Crippen LogP contribution in [0.25, 0.3) is 22.2 Å². The number of benzene rings is 2. The topological polar surface area (TPSA) is 77.6 Å². The molecule has 0 bridgehead atoms. The Balaban J connectivity index is 1.64. The summed E-state index contributed by atoms with van der Waals surface area (Å²) >= 11 is 0. The smallest absolute Gasteiger partial charge is 0.115 e. The third kappa shape index (κ3) is 2.46. The Morgan fingerprint density at radius 2 is 1.87 bits per heavy atom. The van der Waals surface area contributed by atoms with Crippen LogP contribution in [0.15, 0.2) is 48.7 Å². The van der Waals surface area contributed by atoms with Gasteiger partial charge in [-0.3, -0.25) is 10.2 Å². The molecule has 0 radical (unpaired) electrons. The van der Waals surface area contributed by atoms with Crippen LogP contribution in [0, 0.1) is 6.92 Å². The summed E-state index contributed by atoms with van der Waals surface area (Å²) in [4.78, 5) is 0. The van der Waals surface area contributed by atoms with E-state index in [2.05, 4.69) is 39.5 Å². The molecule has 0 aliphatic carbocycles. The van der Waals surface area contributed by atoms with Crippen LogP contribution in [-0.2, 0) is 6.42 Å². The SMILES string of the molecule is Cc1c(Cc2cc(-c3ccc(O)cc3)n[nH]2)ccc2[nH]ncc12. The van der Waals surface area contributed by atoms with Gasteiger partial charge < -0.3 is 5.11 Å². The van der Waals surface area contributed by atoms with Crippen LogP contribution >= 0.6 is 0 Å². The molecule has 23 heavy (non-hydrogen) atoms. The highest BCUT2D eigenvalue weighted by Gasteiger charge is 2.09. The van der Waals surface area contributed by atoms with E-state index in [0.29, 0.717) is 0 Å². The fourth-order valence-corrected chi connectivity index (χ4v) is 2.83. The molecule has 2 aromatic carbocycles. The van der Waals surface area contributed by atoms with E-state index < -0.39 is 0 Å². The van der Waals surface area contributed by atoms with E-state index in [0.717, 1.165) is 34.3 Å². The van der Waals surface area contributed by atoms with Gasteiger partial charge in [0.15, 0.2) is 0 Å². The molecule has 114 valence electrons. The van der Waals surface area contributed by atoms with Crippen LogP contribution in [0.3, 0.4) is 0 Å². The second-order valence-electron chi connectivity index (χ2n) is 5.68. The zero-order chi connectivity index (χ0) is 15.8. The normalized spacial score (nSPS) is 11.2. The fourth-order valence-electron chi connectivity index (χ4n) is 2.83. The number of rotatable bonds is 3. The van der Waals surface area contributed by atoms with Crippen molar-refractivity contribution < 1.29 is 5.11 Å². The number of aromatic amines is 2. The molecule has 2 aromatic heterocycles. The molecule has 2 heterocycles. The lowest BCUT2D eigenvalue weighted by molar-refractivity contribution is 0.475. The van der Waals surface area contributed by atoms with Gasteiger partial charge in [0.25, 0.3) is 0 Å². The van der Waals surface area contributed by atoms with Crippen molar-refractivity contribution in [1.82, 2.24) is 20.4 Å². The summed E-state index contributed by atoms with van der Waals surface area (Å²) in [6.07, 6.45) is 2.65. The Hall–Kier alpha value is -3.08. The van der Waals surface area contributed by atoms with Gasteiger partial charge in [-0.25, -0.2) is 0 Å². The maximum Gasteiger partial charge on any atom is 0.115 e. The summed E-state index contributed by atoms with van der Waals surface area (Å²) in [6.45, 7) is 2.12. The quantitative estimate of drug-likeness (QED) is 0.541. The zero-order valence-electron chi connectivity index (χ0n) is 12.7. The van der Waals surface area contributed by atoms with Crippen molar-refractivity contribution in [2.75, 3.05) is 0 Å². The third-order valence-electron chi connectivity index (χ3n) is 4.18. The van der Waals surface area contributed by atoms with Gasteiger partial charge in [0, 0.05) is 23.1 Å². The summed E-state index contributed by atoms with van der Waals surface area (Å²) < 4.78 is 0. The van der Waals surface area contributed by atoms with Gasteiger partial charge in [0.05, 0.1) is 17.4 Å². The average Bonchev–Trinajstić information content (AvgIpc) is 3.20. The number of hydrogen-bond acceptors (Lipinski definition) is 3. The lowest BCUT2D eigenvalue weighted by Gasteiger charge is -2.05. The van der Waals surface area contributed by atoms with Gasteiger partial charge in [0.1, 0.15) is 5.75 Å². The van der Waals surface area contributed by atoms with Gasteiger partial charge in [-0.15, -0.1) is 0 Å². The Bertz CT molecular complexity index is 966. The molecular formula is C18H16N4O. The Morgan fingerprint density at radius 1 is 1.04 bits per heavy atom. The molecule has 0 spiro atoms. The van der Waals surface area contributed by atoms with Crippen molar-refractivity contribution in [2.24, 2.45) is 0 Å². The molecule has 5 heteroatoms. The lowest BCUT2D eigenvalue weighted by atomic mass is 10.0. The first-order valence-electron chi connectivity index (χ1n) is 7.46. The fraction of sp³-hybridized carbons (Fsp3) is 0.111. The number of aromatic nitrogens is 4. The summed E-state index contributed by atoms with van der Waals surface area (Å²) in [5, 5.41) is 25.1. The average molecular weight is 304 g/mol. The molecular weight excluding hydrogens is 288 g/mol. The van der Waals surface area contributed by atoms with Crippen molar-refractivity contribution in [2.45, 2.75) is 13.3 Å². The highest BCUT2D eigenvalue weighted by Crippen LogP contribution is 2.24. The number of aromatic hydroxyl groups is 1.